The molecule has 0 bridgehead atoms. The molecule has 0 amide bonds. The summed E-state index contributed by atoms with van der Waals surface area (Å²) in [6.45, 7) is 3.12. The molecular weight excluding hydrogens is 247 g/mol. The largest absolute Gasteiger partial charge is 1.00 e. The Kier molecular flexibility index (Phi) is 10.7. The molecule has 7 heteroatoms. The third kappa shape index (κ3) is 12.7. The van der Waals surface area contributed by atoms with Gasteiger partial charge in [-0.1, -0.05) is 13.0 Å². The smallest absolute Gasteiger partial charge is 0.748 e. The molecule has 0 aromatic rings. The van der Waals surface area contributed by atoms with Crippen LogP contribution in [0.4, 0.5) is 0 Å². The van der Waals surface area contributed by atoms with Crippen molar-refractivity contribution in [3.63, 3.8) is 0 Å². The Labute approximate surface area is 132 Å². The molecule has 0 spiro atoms. The zero-order chi connectivity index (χ0) is 11.2. The van der Waals surface area contributed by atoms with Crippen LogP contribution in [0.2, 0.25) is 0 Å². The number of hydrogen-bond donors (Lipinski definition) is 0. The fourth-order valence-corrected chi connectivity index (χ4v) is 1.60. The van der Waals surface area contributed by atoms with Crippen LogP contribution in [0.1, 0.15) is 13.8 Å². The molecule has 82 valence electrons. The Bertz CT molecular complexity index is 309. The van der Waals surface area contributed by atoms with Gasteiger partial charge >= 0.3 is 57.4 Å². The van der Waals surface area contributed by atoms with E-state index in [4.69, 9.17) is 0 Å². The summed E-state index contributed by atoms with van der Waals surface area (Å²) in [4.78, 5) is 10.8. The number of ether oxygens (including phenoxy) is 1. The zero-order valence-corrected chi connectivity index (χ0v) is 13.0. The normalized spacial score (nSPS) is 13.3. The van der Waals surface area contributed by atoms with E-state index in [0.717, 1.165) is 0 Å². The summed E-state index contributed by atoms with van der Waals surface area (Å²) in [7, 11) is -4.24. The average Bonchev–Trinajstić information content (AvgIpc) is 1.98. The Morgan fingerprint density at radius 2 is 2.07 bits per heavy atom. The van der Waals surface area contributed by atoms with Crippen LogP contribution in [0.5, 0.6) is 0 Å². The number of rotatable bonds is 5. The first-order chi connectivity index (χ1) is 6.35. The molecule has 0 aromatic heterocycles. The standard InChI is InChI=1S/C8H14O5S.K/c1-3-4-8(9)13-5-7(2)6-14(10,11)12;/h3-4,7H,5-6H2,1-2H3,(H,10,11,12);/q;+1/p-1. The second kappa shape index (κ2) is 8.86. The molecule has 0 aromatic carbocycles. The van der Waals surface area contributed by atoms with E-state index in [1.807, 2.05) is 0 Å². The maximum absolute atomic E-state index is 10.8. The van der Waals surface area contributed by atoms with E-state index in [9.17, 15) is 17.8 Å². The molecule has 0 N–H and O–H groups in total. The van der Waals surface area contributed by atoms with Crippen LogP contribution >= 0.6 is 0 Å². The first kappa shape index (κ1) is 18.1. The molecule has 0 fully saturated rings. The topological polar surface area (TPSA) is 83.5 Å². The van der Waals surface area contributed by atoms with Gasteiger partial charge in [0, 0.05) is 17.7 Å². The predicted molar refractivity (Wildman–Crippen MR) is 49.5 cm³/mol. The van der Waals surface area contributed by atoms with Gasteiger partial charge in [-0.3, -0.25) is 0 Å². The minimum Gasteiger partial charge on any atom is -0.748 e. The van der Waals surface area contributed by atoms with Crippen molar-refractivity contribution in [3.05, 3.63) is 12.2 Å². The third-order valence-electron chi connectivity index (χ3n) is 1.30. The molecule has 0 saturated carbocycles. The van der Waals surface area contributed by atoms with Gasteiger partial charge in [0.2, 0.25) is 0 Å². The van der Waals surface area contributed by atoms with E-state index < -0.39 is 27.8 Å². The van der Waals surface area contributed by atoms with Gasteiger partial charge < -0.3 is 9.29 Å². The Balaban J connectivity index is 0. The van der Waals surface area contributed by atoms with Crippen LogP contribution in [0, 0.1) is 5.92 Å². The molecular formula is C8H13KO5S. The van der Waals surface area contributed by atoms with Gasteiger partial charge in [0.25, 0.3) is 0 Å². The first-order valence-electron chi connectivity index (χ1n) is 4.08. The molecule has 0 aliphatic rings. The Hall–Kier alpha value is 0.756. The fourth-order valence-electron chi connectivity index (χ4n) is 0.805. The third-order valence-corrected chi connectivity index (χ3v) is 2.28. The van der Waals surface area contributed by atoms with Crippen molar-refractivity contribution >= 4 is 16.1 Å². The summed E-state index contributed by atoms with van der Waals surface area (Å²) in [5.74, 6) is -1.54. The van der Waals surface area contributed by atoms with Crippen molar-refractivity contribution in [1.82, 2.24) is 0 Å². The fraction of sp³-hybridized carbons (Fsp3) is 0.625. The SMILES string of the molecule is CC=CC(=O)OCC(C)CS(=O)(=O)[O-].[K+]. The van der Waals surface area contributed by atoms with Crippen LogP contribution < -0.4 is 51.4 Å². The van der Waals surface area contributed by atoms with Gasteiger partial charge in [-0.05, 0) is 6.92 Å². The number of allylic oxidation sites excluding steroid dienone is 1. The minimum absolute atomic E-state index is 0. The van der Waals surface area contributed by atoms with Gasteiger partial charge in [-0.15, -0.1) is 0 Å². The number of carbonyl (C=O) groups is 1. The molecule has 0 heterocycles. The molecule has 5 nitrogen and oxygen atoms in total. The summed E-state index contributed by atoms with van der Waals surface area (Å²) in [5.41, 5.74) is 0. The average molecular weight is 260 g/mol. The van der Waals surface area contributed by atoms with Crippen LogP contribution in [-0.2, 0) is 19.6 Å². The van der Waals surface area contributed by atoms with Gasteiger partial charge in [0.05, 0.1) is 16.7 Å². The maximum atomic E-state index is 10.8. The van der Waals surface area contributed by atoms with E-state index in [0.29, 0.717) is 0 Å². The van der Waals surface area contributed by atoms with E-state index in [1.165, 1.54) is 19.1 Å². The molecule has 0 aliphatic carbocycles. The van der Waals surface area contributed by atoms with Gasteiger partial charge in [0.1, 0.15) is 0 Å². The molecule has 0 saturated heterocycles. The second-order valence-corrected chi connectivity index (χ2v) is 4.41. The summed E-state index contributed by atoms with van der Waals surface area (Å²) in [6, 6.07) is 0. The molecule has 0 aliphatic heterocycles. The van der Waals surface area contributed by atoms with Crippen molar-refractivity contribution in [1.29, 1.82) is 0 Å². The van der Waals surface area contributed by atoms with Crippen molar-refractivity contribution in [2.75, 3.05) is 12.4 Å². The predicted octanol–water partition coefficient (Wildman–Crippen LogP) is -2.71. The van der Waals surface area contributed by atoms with E-state index in [-0.39, 0.29) is 58.0 Å². The second-order valence-electron chi connectivity index (χ2n) is 2.96. The summed E-state index contributed by atoms with van der Waals surface area (Å²) >= 11 is 0. The summed E-state index contributed by atoms with van der Waals surface area (Å²) < 4.78 is 35.6. The summed E-state index contributed by atoms with van der Waals surface area (Å²) in [6.07, 6.45) is 2.73. The van der Waals surface area contributed by atoms with Gasteiger partial charge in [0.15, 0.2) is 0 Å². The van der Waals surface area contributed by atoms with Crippen LogP contribution in [-0.4, -0.2) is 31.3 Å². The van der Waals surface area contributed by atoms with Crippen LogP contribution in [0.25, 0.3) is 0 Å². The molecule has 1 unspecified atom stereocenters. The van der Waals surface area contributed by atoms with Crippen molar-refractivity contribution in [3.8, 4) is 0 Å². The van der Waals surface area contributed by atoms with E-state index in [2.05, 4.69) is 4.74 Å². The minimum atomic E-state index is -4.24. The number of carbonyl (C=O) groups excluding carboxylic acids is 1. The summed E-state index contributed by atoms with van der Waals surface area (Å²) in [5, 5.41) is 0. The Morgan fingerprint density at radius 1 is 1.53 bits per heavy atom. The quantitative estimate of drug-likeness (QED) is 0.232. The molecule has 15 heavy (non-hydrogen) atoms. The molecule has 0 rings (SSSR count). The van der Waals surface area contributed by atoms with E-state index in [1.54, 1.807) is 6.92 Å². The maximum Gasteiger partial charge on any atom is 1.00 e. The number of hydrogen-bond acceptors (Lipinski definition) is 5. The van der Waals surface area contributed by atoms with Gasteiger partial charge in [-0.25, -0.2) is 13.2 Å². The van der Waals surface area contributed by atoms with Gasteiger partial charge in [-0.2, -0.15) is 0 Å². The monoisotopic (exact) mass is 260 g/mol. The van der Waals surface area contributed by atoms with Crippen molar-refractivity contribution in [2.45, 2.75) is 13.8 Å². The first-order valence-corrected chi connectivity index (χ1v) is 5.66. The van der Waals surface area contributed by atoms with Crippen LogP contribution in [0.15, 0.2) is 12.2 Å². The number of esters is 1. The van der Waals surface area contributed by atoms with Crippen molar-refractivity contribution in [2.24, 2.45) is 5.92 Å². The van der Waals surface area contributed by atoms with Crippen LogP contribution in [0.3, 0.4) is 0 Å². The van der Waals surface area contributed by atoms with Crippen molar-refractivity contribution < 1.29 is 73.9 Å². The Morgan fingerprint density at radius 3 is 2.47 bits per heavy atom. The van der Waals surface area contributed by atoms with E-state index >= 15 is 0 Å². The molecule has 1 atom stereocenters. The zero-order valence-electron chi connectivity index (χ0n) is 9.10. The molecule has 0 radical (unpaired) electrons.